The molecule has 0 bridgehead atoms. The van der Waals surface area contributed by atoms with E-state index in [1.165, 1.54) is 0 Å². The minimum Gasteiger partial charge on any atom is -0.390 e. The summed E-state index contributed by atoms with van der Waals surface area (Å²) in [6, 6.07) is 0. The van der Waals surface area contributed by atoms with E-state index in [0.717, 1.165) is 19.3 Å². The Hall–Kier alpha value is -0.120. The van der Waals surface area contributed by atoms with Gasteiger partial charge in [0.2, 0.25) is 0 Å². The Morgan fingerprint density at radius 3 is 2.33 bits per heavy atom. The molecule has 0 spiro atoms. The number of fused-ring (bicyclic) bond motifs is 3. The third-order valence-corrected chi connectivity index (χ3v) is 6.73. The Balaban J connectivity index is 2.11. The number of hydrogen-bond acceptors (Lipinski definition) is 3. The lowest BCUT2D eigenvalue weighted by molar-refractivity contribution is -0.243. The van der Waals surface area contributed by atoms with E-state index < -0.39 is 23.2 Å². The van der Waals surface area contributed by atoms with Crippen molar-refractivity contribution in [2.24, 2.45) is 28.6 Å². The van der Waals surface area contributed by atoms with Crippen LogP contribution in [0.3, 0.4) is 0 Å². The second-order valence-electron chi connectivity index (χ2n) is 7.80. The van der Waals surface area contributed by atoms with Crippen molar-refractivity contribution in [1.29, 1.82) is 0 Å². The molecule has 0 heterocycles. The Labute approximate surface area is 109 Å². The number of aliphatic hydroxyl groups is 3. The summed E-state index contributed by atoms with van der Waals surface area (Å²) in [6.07, 6.45) is 1.38. The first kappa shape index (κ1) is 12.9. The molecule has 0 radical (unpaired) electrons. The first-order valence-corrected chi connectivity index (χ1v) is 7.27. The summed E-state index contributed by atoms with van der Waals surface area (Å²) in [6.45, 7) is 8.31. The first-order chi connectivity index (χ1) is 8.19. The molecule has 0 unspecified atom stereocenters. The largest absolute Gasteiger partial charge is 0.390 e. The SMILES string of the molecule is C[C@H]1CCC[C@]2(C)[C@H](O)[C@H](O)[C@@H]3[C@@H](C3(C)C)[C@@]12O. The highest BCUT2D eigenvalue weighted by Gasteiger charge is 2.79. The van der Waals surface area contributed by atoms with Crippen molar-refractivity contribution in [3.8, 4) is 0 Å². The van der Waals surface area contributed by atoms with E-state index in [4.69, 9.17) is 0 Å². The summed E-state index contributed by atoms with van der Waals surface area (Å²) in [7, 11) is 0. The molecule has 0 aromatic heterocycles. The summed E-state index contributed by atoms with van der Waals surface area (Å²) >= 11 is 0. The molecular formula is C15H26O3. The third kappa shape index (κ3) is 1.13. The van der Waals surface area contributed by atoms with Crippen LogP contribution in [-0.2, 0) is 0 Å². The van der Waals surface area contributed by atoms with Gasteiger partial charge in [-0.05, 0) is 36.0 Å². The normalized spacial score (nSPS) is 61.8. The lowest BCUT2D eigenvalue weighted by Gasteiger charge is -2.58. The van der Waals surface area contributed by atoms with Crippen LogP contribution in [0.4, 0.5) is 0 Å². The molecule has 3 heteroatoms. The number of hydrogen-bond donors (Lipinski definition) is 3. The van der Waals surface area contributed by atoms with Gasteiger partial charge in [-0.25, -0.2) is 0 Å². The fraction of sp³-hybridized carbons (Fsp3) is 1.00. The average molecular weight is 254 g/mol. The highest BCUT2D eigenvalue weighted by molar-refractivity contribution is 5.28. The Morgan fingerprint density at radius 2 is 1.72 bits per heavy atom. The summed E-state index contributed by atoms with van der Waals surface area (Å²) in [5, 5.41) is 32.3. The molecule has 3 fully saturated rings. The molecule has 0 aromatic carbocycles. The van der Waals surface area contributed by atoms with Crippen LogP contribution in [-0.4, -0.2) is 33.1 Å². The molecule has 18 heavy (non-hydrogen) atoms. The van der Waals surface area contributed by atoms with Gasteiger partial charge in [0.05, 0.1) is 17.8 Å². The van der Waals surface area contributed by atoms with E-state index in [1.54, 1.807) is 0 Å². The lowest BCUT2D eigenvalue weighted by Crippen LogP contribution is -2.66. The molecule has 0 aliphatic heterocycles. The van der Waals surface area contributed by atoms with Crippen LogP contribution >= 0.6 is 0 Å². The molecule has 0 aromatic rings. The van der Waals surface area contributed by atoms with Crippen LogP contribution in [0, 0.1) is 28.6 Å². The first-order valence-electron chi connectivity index (χ1n) is 7.27. The van der Waals surface area contributed by atoms with Crippen molar-refractivity contribution in [3.63, 3.8) is 0 Å². The second kappa shape index (κ2) is 3.31. The predicted octanol–water partition coefficient (Wildman–Crippen LogP) is 1.55. The van der Waals surface area contributed by atoms with Crippen LogP contribution < -0.4 is 0 Å². The van der Waals surface area contributed by atoms with E-state index >= 15 is 0 Å². The van der Waals surface area contributed by atoms with Crippen molar-refractivity contribution in [2.75, 3.05) is 0 Å². The van der Waals surface area contributed by atoms with E-state index in [-0.39, 0.29) is 23.2 Å². The summed E-state index contributed by atoms with van der Waals surface area (Å²) in [5.41, 5.74) is -1.43. The fourth-order valence-corrected chi connectivity index (χ4v) is 5.53. The minimum absolute atomic E-state index is 0.0473. The minimum atomic E-state index is -0.821. The van der Waals surface area contributed by atoms with Crippen molar-refractivity contribution < 1.29 is 15.3 Å². The molecule has 3 nitrogen and oxygen atoms in total. The van der Waals surface area contributed by atoms with Crippen LogP contribution in [0.1, 0.15) is 47.0 Å². The Bertz CT molecular complexity index is 380. The zero-order valence-corrected chi connectivity index (χ0v) is 11.8. The van der Waals surface area contributed by atoms with Gasteiger partial charge in [0.25, 0.3) is 0 Å². The topological polar surface area (TPSA) is 60.7 Å². The number of aliphatic hydroxyl groups excluding tert-OH is 2. The van der Waals surface area contributed by atoms with Crippen LogP contribution in [0.2, 0.25) is 0 Å². The lowest BCUT2D eigenvalue weighted by atomic mass is 9.52. The van der Waals surface area contributed by atoms with E-state index in [1.807, 2.05) is 6.92 Å². The molecule has 3 N–H and O–H groups in total. The van der Waals surface area contributed by atoms with Gasteiger partial charge < -0.3 is 15.3 Å². The molecule has 3 aliphatic carbocycles. The average Bonchev–Trinajstić information content (AvgIpc) is 2.86. The van der Waals surface area contributed by atoms with Gasteiger partial charge in [0.1, 0.15) is 0 Å². The van der Waals surface area contributed by atoms with Crippen LogP contribution in [0.25, 0.3) is 0 Å². The molecular weight excluding hydrogens is 228 g/mol. The molecule has 3 aliphatic rings. The zero-order chi connectivity index (χ0) is 13.5. The Morgan fingerprint density at radius 1 is 1.11 bits per heavy atom. The molecule has 7 atom stereocenters. The number of rotatable bonds is 0. The van der Waals surface area contributed by atoms with Gasteiger partial charge in [0.15, 0.2) is 0 Å². The highest BCUT2D eigenvalue weighted by atomic mass is 16.3. The monoisotopic (exact) mass is 254 g/mol. The fourth-order valence-electron chi connectivity index (χ4n) is 5.53. The maximum atomic E-state index is 11.4. The van der Waals surface area contributed by atoms with Crippen molar-refractivity contribution >= 4 is 0 Å². The van der Waals surface area contributed by atoms with Crippen molar-refractivity contribution in [3.05, 3.63) is 0 Å². The van der Waals surface area contributed by atoms with Gasteiger partial charge >= 0.3 is 0 Å². The third-order valence-electron chi connectivity index (χ3n) is 6.73. The standard InChI is InChI=1S/C15H26O3/c1-8-6-5-7-14(4)12(17)10(16)9-11(13(9,2)3)15(8,14)18/h8-12,16-18H,5-7H2,1-4H3/t8-,9+,10+,11-,12+,14+,15-/m0/s1. The van der Waals surface area contributed by atoms with E-state index in [9.17, 15) is 15.3 Å². The molecule has 104 valence electrons. The van der Waals surface area contributed by atoms with Gasteiger partial charge in [-0.1, -0.05) is 34.1 Å². The molecule has 0 saturated heterocycles. The summed E-state index contributed by atoms with van der Waals surface area (Å²) < 4.78 is 0. The second-order valence-corrected chi connectivity index (χ2v) is 7.80. The van der Waals surface area contributed by atoms with Crippen molar-refractivity contribution in [1.82, 2.24) is 0 Å². The van der Waals surface area contributed by atoms with Crippen molar-refractivity contribution in [2.45, 2.75) is 64.8 Å². The molecule has 3 rings (SSSR count). The maximum absolute atomic E-state index is 11.4. The van der Waals surface area contributed by atoms with E-state index in [0.29, 0.717) is 0 Å². The summed E-state index contributed by atoms with van der Waals surface area (Å²) in [5.74, 6) is 0.377. The smallest absolute Gasteiger partial charge is 0.0883 e. The van der Waals surface area contributed by atoms with Gasteiger partial charge in [-0.15, -0.1) is 0 Å². The Kier molecular flexibility index (Phi) is 2.37. The van der Waals surface area contributed by atoms with Gasteiger partial charge in [0, 0.05) is 5.41 Å². The maximum Gasteiger partial charge on any atom is 0.0883 e. The van der Waals surface area contributed by atoms with Crippen LogP contribution in [0.15, 0.2) is 0 Å². The summed E-state index contributed by atoms with van der Waals surface area (Å²) in [4.78, 5) is 0. The van der Waals surface area contributed by atoms with Gasteiger partial charge in [-0.2, -0.15) is 0 Å². The quantitative estimate of drug-likeness (QED) is 0.614. The van der Waals surface area contributed by atoms with E-state index in [2.05, 4.69) is 20.8 Å². The van der Waals surface area contributed by atoms with Gasteiger partial charge in [-0.3, -0.25) is 0 Å². The molecule has 0 amide bonds. The van der Waals surface area contributed by atoms with Crippen LogP contribution in [0.5, 0.6) is 0 Å². The predicted molar refractivity (Wildman–Crippen MR) is 68.8 cm³/mol. The molecule has 3 saturated carbocycles. The highest BCUT2D eigenvalue weighted by Crippen LogP contribution is 2.75. The zero-order valence-electron chi connectivity index (χ0n) is 11.8.